The Hall–Kier alpha value is -2.40. The lowest BCUT2D eigenvalue weighted by molar-refractivity contribution is -0.118. The van der Waals surface area contributed by atoms with E-state index in [1.165, 1.54) is 0 Å². The number of anilines is 1. The Balaban J connectivity index is 1.81. The topological polar surface area (TPSA) is 47.6 Å². The van der Waals surface area contributed by atoms with Crippen LogP contribution >= 0.6 is 11.8 Å². The van der Waals surface area contributed by atoms with Crippen molar-refractivity contribution in [2.45, 2.75) is 50.2 Å². The van der Waals surface area contributed by atoms with E-state index < -0.39 is 0 Å². The predicted octanol–water partition coefficient (Wildman–Crippen LogP) is 6.39. The van der Waals surface area contributed by atoms with Crippen LogP contribution in [0, 0.1) is 5.41 Å². The summed E-state index contributed by atoms with van der Waals surface area (Å²) in [6, 6.07) is 14.3. The molecule has 2 aliphatic rings. The number of benzene rings is 2. The monoisotopic (exact) mass is 423 g/mol. The molecule has 1 aliphatic carbocycles. The molecular formula is C25H29NO3S. The van der Waals surface area contributed by atoms with Gasteiger partial charge in [-0.1, -0.05) is 39.0 Å². The highest BCUT2D eigenvalue weighted by Gasteiger charge is 2.39. The van der Waals surface area contributed by atoms with Crippen molar-refractivity contribution < 1.29 is 14.3 Å². The number of fused-ring (bicyclic) bond motifs is 1. The van der Waals surface area contributed by atoms with E-state index in [-0.39, 0.29) is 16.4 Å². The first-order chi connectivity index (χ1) is 14.4. The number of ketones is 1. The number of para-hydroxylation sites is 1. The number of carbonyl (C=O) groups excluding carboxylic acids is 1. The molecule has 1 N–H and O–H groups in total. The van der Waals surface area contributed by atoms with Crippen molar-refractivity contribution in [2.75, 3.05) is 19.0 Å². The molecule has 158 valence electrons. The first-order valence-corrected chi connectivity index (χ1v) is 11.4. The zero-order chi connectivity index (χ0) is 21.3. The highest BCUT2D eigenvalue weighted by atomic mass is 32.2. The van der Waals surface area contributed by atoms with Gasteiger partial charge in [0.15, 0.2) is 17.3 Å². The van der Waals surface area contributed by atoms with Gasteiger partial charge in [0.1, 0.15) is 0 Å². The third kappa shape index (κ3) is 4.08. The Bertz CT molecular complexity index is 996. The van der Waals surface area contributed by atoms with E-state index in [1.807, 2.05) is 24.3 Å². The highest BCUT2D eigenvalue weighted by Crippen LogP contribution is 2.52. The molecule has 0 bridgehead atoms. The Morgan fingerprint density at radius 2 is 1.93 bits per heavy atom. The van der Waals surface area contributed by atoms with Gasteiger partial charge in [-0.05, 0) is 48.1 Å². The summed E-state index contributed by atoms with van der Waals surface area (Å²) in [5, 5.41) is 3.51. The second kappa shape index (κ2) is 8.38. The molecular weight excluding hydrogens is 394 g/mol. The second-order valence-corrected chi connectivity index (χ2v) is 9.86. The van der Waals surface area contributed by atoms with Crippen LogP contribution in [-0.4, -0.2) is 19.5 Å². The number of rotatable bonds is 5. The molecule has 0 unspecified atom stereocenters. The molecule has 5 heteroatoms. The molecule has 0 fully saturated rings. The van der Waals surface area contributed by atoms with Gasteiger partial charge in [0.05, 0.1) is 24.7 Å². The molecule has 1 heterocycles. The molecule has 0 saturated heterocycles. The van der Waals surface area contributed by atoms with Crippen molar-refractivity contribution in [1.82, 2.24) is 0 Å². The van der Waals surface area contributed by atoms with Crippen molar-refractivity contribution in [3.8, 4) is 11.5 Å². The highest BCUT2D eigenvalue weighted by molar-refractivity contribution is 8.00. The number of thioether (sulfide) groups is 1. The van der Waals surface area contributed by atoms with Crippen molar-refractivity contribution >= 4 is 23.2 Å². The van der Waals surface area contributed by atoms with Crippen LogP contribution in [0.1, 0.15) is 50.8 Å². The van der Waals surface area contributed by atoms with Crippen LogP contribution in [0.25, 0.3) is 0 Å². The molecule has 4 nitrogen and oxygen atoms in total. The van der Waals surface area contributed by atoms with Gasteiger partial charge in [-0.3, -0.25) is 4.79 Å². The van der Waals surface area contributed by atoms with E-state index in [0.717, 1.165) is 46.0 Å². The second-order valence-electron chi connectivity index (χ2n) is 8.71. The van der Waals surface area contributed by atoms with Crippen molar-refractivity contribution in [3.63, 3.8) is 0 Å². The Morgan fingerprint density at radius 1 is 1.13 bits per heavy atom. The standard InChI is InChI=1S/C25H29NO3S/c1-5-12-29-20-11-10-16(13-21(20)28-4)24-23-18(14-25(2,3)15-19(23)27)26-17-8-6-7-9-22(17)30-24/h6-11,13,24,26H,5,12,14-15H2,1-4H3/t24-/m0/s1. The van der Waals surface area contributed by atoms with Gasteiger partial charge in [-0.25, -0.2) is 0 Å². The van der Waals surface area contributed by atoms with Gasteiger partial charge in [0.25, 0.3) is 0 Å². The molecule has 4 rings (SSSR count). The van der Waals surface area contributed by atoms with Gasteiger partial charge in [-0.2, -0.15) is 0 Å². The lowest BCUT2D eigenvalue weighted by Gasteiger charge is -2.34. The number of allylic oxidation sites excluding steroid dienone is 1. The maximum Gasteiger partial charge on any atom is 0.162 e. The number of hydrogen-bond donors (Lipinski definition) is 1. The minimum Gasteiger partial charge on any atom is -0.493 e. The fraction of sp³-hybridized carbons (Fsp3) is 0.400. The minimum atomic E-state index is -0.0890. The van der Waals surface area contributed by atoms with E-state index in [1.54, 1.807) is 18.9 Å². The molecule has 1 atom stereocenters. The van der Waals surface area contributed by atoms with Gasteiger partial charge in [0.2, 0.25) is 0 Å². The first kappa shape index (κ1) is 20.9. The number of hydrogen-bond acceptors (Lipinski definition) is 5. The third-order valence-corrected chi connectivity index (χ3v) is 6.91. The predicted molar refractivity (Wildman–Crippen MR) is 122 cm³/mol. The third-order valence-electron chi connectivity index (χ3n) is 5.55. The zero-order valence-corrected chi connectivity index (χ0v) is 18.9. The summed E-state index contributed by atoms with van der Waals surface area (Å²) in [5.41, 5.74) is 4.01. The summed E-state index contributed by atoms with van der Waals surface area (Å²) in [7, 11) is 1.66. The van der Waals surface area contributed by atoms with Gasteiger partial charge in [0, 0.05) is 22.6 Å². The van der Waals surface area contributed by atoms with Gasteiger partial charge < -0.3 is 14.8 Å². The van der Waals surface area contributed by atoms with Crippen molar-refractivity contribution in [2.24, 2.45) is 5.41 Å². The van der Waals surface area contributed by atoms with Crippen molar-refractivity contribution in [3.05, 3.63) is 59.3 Å². The van der Waals surface area contributed by atoms with Crippen LogP contribution in [0.3, 0.4) is 0 Å². The van der Waals surface area contributed by atoms with Gasteiger partial charge >= 0.3 is 0 Å². The number of ether oxygens (including phenoxy) is 2. The van der Waals surface area contributed by atoms with Crippen LogP contribution in [-0.2, 0) is 4.79 Å². The normalized spacial score (nSPS) is 20.0. The molecule has 0 spiro atoms. The lowest BCUT2D eigenvalue weighted by atomic mass is 9.74. The minimum absolute atomic E-state index is 0.0487. The summed E-state index contributed by atoms with van der Waals surface area (Å²) in [6.45, 7) is 7.06. The first-order valence-electron chi connectivity index (χ1n) is 10.5. The number of Topliss-reactive ketones (excluding diaryl/α,β-unsaturated/α-hetero) is 1. The van der Waals surface area contributed by atoms with Crippen LogP contribution in [0.5, 0.6) is 11.5 Å². The number of nitrogens with one attached hydrogen (secondary N) is 1. The summed E-state index contributed by atoms with van der Waals surface area (Å²) in [4.78, 5) is 14.5. The van der Waals surface area contributed by atoms with Crippen LogP contribution in [0.2, 0.25) is 0 Å². The van der Waals surface area contributed by atoms with E-state index in [0.29, 0.717) is 18.8 Å². The quantitative estimate of drug-likeness (QED) is 0.604. The molecule has 0 saturated carbocycles. The van der Waals surface area contributed by atoms with Crippen LogP contribution in [0.4, 0.5) is 5.69 Å². The molecule has 1 aliphatic heterocycles. The maximum atomic E-state index is 13.3. The molecule has 0 radical (unpaired) electrons. The molecule has 2 aromatic carbocycles. The summed E-state index contributed by atoms with van der Waals surface area (Å²) in [6.07, 6.45) is 2.36. The Labute approximate surface area is 183 Å². The fourth-order valence-electron chi connectivity index (χ4n) is 4.18. The molecule has 0 aromatic heterocycles. The van der Waals surface area contributed by atoms with Gasteiger partial charge in [-0.15, -0.1) is 11.8 Å². The molecule has 30 heavy (non-hydrogen) atoms. The van der Waals surface area contributed by atoms with E-state index in [2.05, 4.69) is 44.3 Å². The van der Waals surface area contributed by atoms with Crippen LogP contribution in [0.15, 0.2) is 58.6 Å². The maximum absolute atomic E-state index is 13.3. The largest absolute Gasteiger partial charge is 0.493 e. The smallest absolute Gasteiger partial charge is 0.162 e. The average Bonchev–Trinajstić information content (AvgIpc) is 2.87. The molecule has 2 aromatic rings. The average molecular weight is 424 g/mol. The Kier molecular flexibility index (Phi) is 5.83. The summed E-state index contributed by atoms with van der Waals surface area (Å²) in [5.74, 6) is 1.67. The summed E-state index contributed by atoms with van der Waals surface area (Å²) >= 11 is 1.73. The SMILES string of the molecule is CCCOc1ccc([C@@H]2Sc3ccccc3NC3=C2C(=O)CC(C)(C)C3)cc1OC. The number of carbonyl (C=O) groups is 1. The zero-order valence-electron chi connectivity index (χ0n) is 18.1. The molecule has 0 amide bonds. The summed E-state index contributed by atoms with van der Waals surface area (Å²) < 4.78 is 11.5. The van der Waals surface area contributed by atoms with E-state index in [9.17, 15) is 4.79 Å². The van der Waals surface area contributed by atoms with Crippen molar-refractivity contribution in [1.29, 1.82) is 0 Å². The Morgan fingerprint density at radius 3 is 2.70 bits per heavy atom. The van der Waals surface area contributed by atoms with Crippen LogP contribution < -0.4 is 14.8 Å². The fourth-order valence-corrected chi connectivity index (χ4v) is 5.52. The van der Waals surface area contributed by atoms with E-state index >= 15 is 0 Å². The van der Waals surface area contributed by atoms with E-state index in [4.69, 9.17) is 9.47 Å². The lowest BCUT2D eigenvalue weighted by Crippen LogP contribution is -2.29. The number of methoxy groups -OCH3 is 1.